The molecule has 1 aliphatic heterocycles. The first-order valence-electron chi connectivity index (χ1n) is 6.30. The number of aliphatic hydroxyl groups excluding tert-OH is 1. The Balaban J connectivity index is 2.01. The van der Waals surface area contributed by atoms with Crippen molar-refractivity contribution >= 4 is 11.8 Å². The van der Waals surface area contributed by atoms with E-state index >= 15 is 0 Å². The summed E-state index contributed by atoms with van der Waals surface area (Å²) in [4.78, 5) is 0. The minimum Gasteiger partial charge on any atom is -0.497 e. The standard InChI is InChI=1S/C14H19FO2S/c1-17-11-2-3-12(13(15)9-11)14(16)8-10-4-6-18-7-5-10/h2-3,9-10,14,16H,4-8H2,1H3. The van der Waals surface area contributed by atoms with E-state index in [2.05, 4.69) is 0 Å². The second-order valence-electron chi connectivity index (χ2n) is 4.69. The number of aliphatic hydroxyl groups is 1. The Morgan fingerprint density at radius 2 is 2.17 bits per heavy atom. The van der Waals surface area contributed by atoms with Crippen molar-refractivity contribution in [2.45, 2.75) is 25.4 Å². The van der Waals surface area contributed by atoms with Gasteiger partial charge in [0.15, 0.2) is 0 Å². The highest BCUT2D eigenvalue weighted by molar-refractivity contribution is 7.99. The lowest BCUT2D eigenvalue weighted by Crippen LogP contribution is -2.14. The van der Waals surface area contributed by atoms with Crippen molar-refractivity contribution < 1.29 is 14.2 Å². The van der Waals surface area contributed by atoms with Crippen molar-refractivity contribution in [2.24, 2.45) is 5.92 Å². The minimum absolute atomic E-state index is 0.382. The maximum Gasteiger partial charge on any atom is 0.132 e. The molecule has 0 aromatic heterocycles. The summed E-state index contributed by atoms with van der Waals surface area (Å²) in [6.45, 7) is 0. The number of rotatable bonds is 4. The molecule has 4 heteroatoms. The van der Waals surface area contributed by atoms with Gasteiger partial charge in [0, 0.05) is 11.6 Å². The Hall–Kier alpha value is -0.740. The van der Waals surface area contributed by atoms with Gasteiger partial charge in [0.1, 0.15) is 11.6 Å². The van der Waals surface area contributed by atoms with Crippen molar-refractivity contribution in [3.8, 4) is 5.75 Å². The molecule has 2 nitrogen and oxygen atoms in total. The summed E-state index contributed by atoms with van der Waals surface area (Å²) in [5, 5.41) is 10.1. The molecule has 0 spiro atoms. The lowest BCUT2D eigenvalue weighted by atomic mass is 9.92. The van der Waals surface area contributed by atoms with E-state index in [-0.39, 0.29) is 5.82 Å². The Bertz CT molecular complexity index is 391. The van der Waals surface area contributed by atoms with Crippen LogP contribution in [-0.4, -0.2) is 23.7 Å². The Morgan fingerprint density at radius 3 is 2.78 bits per heavy atom. The molecule has 1 N–H and O–H groups in total. The number of halogens is 1. The fourth-order valence-corrected chi connectivity index (χ4v) is 3.53. The lowest BCUT2D eigenvalue weighted by Gasteiger charge is -2.24. The van der Waals surface area contributed by atoms with Crippen molar-refractivity contribution in [3.63, 3.8) is 0 Å². The molecule has 18 heavy (non-hydrogen) atoms. The molecule has 1 fully saturated rings. The third kappa shape index (κ3) is 3.39. The Morgan fingerprint density at radius 1 is 1.44 bits per heavy atom. The summed E-state index contributed by atoms with van der Waals surface area (Å²) in [6.07, 6.45) is 2.20. The van der Waals surface area contributed by atoms with Crippen LogP contribution in [0, 0.1) is 11.7 Å². The molecular formula is C14H19FO2S. The first-order valence-corrected chi connectivity index (χ1v) is 7.45. The number of ether oxygens (including phenoxy) is 1. The monoisotopic (exact) mass is 270 g/mol. The third-order valence-electron chi connectivity index (χ3n) is 3.46. The topological polar surface area (TPSA) is 29.5 Å². The van der Waals surface area contributed by atoms with E-state index in [4.69, 9.17) is 4.74 Å². The number of hydrogen-bond donors (Lipinski definition) is 1. The predicted molar refractivity (Wildman–Crippen MR) is 72.6 cm³/mol. The average molecular weight is 270 g/mol. The molecule has 0 aliphatic carbocycles. The minimum atomic E-state index is -0.705. The first kappa shape index (κ1) is 13.7. The summed E-state index contributed by atoms with van der Waals surface area (Å²) in [6, 6.07) is 4.64. The number of benzene rings is 1. The molecule has 1 heterocycles. The first-order chi connectivity index (χ1) is 8.70. The molecule has 2 rings (SSSR count). The van der Waals surface area contributed by atoms with Crippen LogP contribution in [0.15, 0.2) is 18.2 Å². The fraction of sp³-hybridized carbons (Fsp3) is 0.571. The van der Waals surface area contributed by atoms with E-state index in [1.165, 1.54) is 13.2 Å². The van der Waals surface area contributed by atoms with Crippen LogP contribution in [0.1, 0.15) is 30.9 Å². The second-order valence-corrected chi connectivity index (χ2v) is 5.92. The Kier molecular flexibility index (Phi) is 4.89. The van der Waals surface area contributed by atoms with Gasteiger partial charge < -0.3 is 9.84 Å². The summed E-state index contributed by atoms with van der Waals surface area (Å²) >= 11 is 1.96. The average Bonchev–Trinajstić information content (AvgIpc) is 2.39. The summed E-state index contributed by atoms with van der Waals surface area (Å²) in [5.74, 6) is 2.93. The molecule has 0 bridgehead atoms. The zero-order valence-electron chi connectivity index (χ0n) is 10.6. The smallest absolute Gasteiger partial charge is 0.132 e. The van der Waals surface area contributed by atoms with Crippen molar-refractivity contribution in [1.82, 2.24) is 0 Å². The molecule has 0 radical (unpaired) electrons. The van der Waals surface area contributed by atoms with Crippen LogP contribution in [0.25, 0.3) is 0 Å². The van der Waals surface area contributed by atoms with Gasteiger partial charge in [-0.3, -0.25) is 0 Å². The maximum absolute atomic E-state index is 13.8. The van der Waals surface area contributed by atoms with Gasteiger partial charge in [-0.1, -0.05) is 0 Å². The highest BCUT2D eigenvalue weighted by atomic mass is 32.2. The summed E-state index contributed by atoms with van der Waals surface area (Å²) < 4.78 is 18.8. The van der Waals surface area contributed by atoms with Crippen molar-refractivity contribution in [3.05, 3.63) is 29.6 Å². The molecule has 0 amide bonds. The van der Waals surface area contributed by atoms with E-state index in [1.807, 2.05) is 11.8 Å². The molecular weight excluding hydrogens is 251 g/mol. The lowest BCUT2D eigenvalue weighted by molar-refractivity contribution is 0.137. The Labute approximate surface area is 112 Å². The van der Waals surface area contributed by atoms with Crippen LogP contribution < -0.4 is 4.74 Å². The van der Waals surface area contributed by atoms with Crippen LogP contribution >= 0.6 is 11.8 Å². The van der Waals surface area contributed by atoms with E-state index in [9.17, 15) is 9.50 Å². The van der Waals surface area contributed by atoms with Crippen LogP contribution in [-0.2, 0) is 0 Å². The zero-order valence-corrected chi connectivity index (χ0v) is 11.4. The molecule has 1 aromatic carbocycles. The fourth-order valence-electron chi connectivity index (χ4n) is 2.33. The molecule has 100 valence electrons. The van der Waals surface area contributed by atoms with Gasteiger partial charge in [-0.05, 0) is 48.8 Å². The van der Waals surface area contributed by atoms with Crippen LogP contribution in [0.5, 0.6) is 5.75 Å². The molecule has 1 atom stereocenters. The summed E-state index contributed by atoms with van der Waals surface area (Å²) in [5.41, 5.74) is 0.383. The van der Waals surface area contributed by atoms with Crippen molar-refractivity contribution in [1.29, 1.82) is 0 Å². The predicted octanol–water partition coefficient (Wildman–Crippen LogP) is 3.40. The number of methoxy groups -OCH3 is 1. The number of hydrogen-bond acceptors (Lipinski definition) is 3. The molecule has 1 saturated heterocycles. The summed E-state index contributed by atoms with van der Waals surface area (Å²) in [7, 11) is 1.50. The normalized spacial score (nSPS) is 18.6. The van der Waals surface area contributed by atoms with Crippen LogP contribution in [0.4, 0.5) is 4.39 Å². The van der Waals surface area contributed by atoms with Crippen LogP contribution in [0.2, 0.25) is 0 Å². The molecule has 1 unspecified atom stereocenters. The maximum atomic E-state index is 13.8. The molecule has 1 aromatic rings. The van der Waals surface area contributed by atoms with E-state index < -0.39 is 6.10 Å². The van der Waals surface area contributed by atoms with Crippen molar-refractivity contribution in [2.75, 3.05) is 18.6 Å². The molecule has 0 saturated carbocycles. The molecule has 1 aliphatic rings. The highest BCUT2D eigenvalue weighted by Crippen LogP contribution is 2.32. The largest absolute Gasteiger partial charge is 0.497 e. The SMILES string of the molecule is COc1ccc(C(O)CC2CCSCC2)c(F)c1. The van der Waals surface area contributed by atoms with E-state index in [0.29, 0.717) is 23.7 Å². The van der Waals surface area contributed by atoms with E-state index in [0.717, 1.165) is 24.3 Å². The van der Waals surface area contributed by atoms with Crippen LogP contribution in [0.3, 0.4) is 0 Å². The van der Waals surface area contributed by atoms with Gasteiger partial charge in [0.2, 0.25) is 0 Å². The van der Waals surface area contributed by atoms with Gasteiger partial charge >= 0.3 is 0 Å². The van der Waals surface area contributed by atoms with Gasteiger partial charge in [0.05, 0.1) is 13.2 Å². The second kappa shape index (κ2) is 6.43. The van der Waals surface area contributed by atoms with E-state index in [1.54, 1.807) is 12.1 Å². The van der Waals surface area contributed by atoms with Gasteiger partial charge in [-0.2, -0.15) is 11.8 Å². The number of thioether (sulfide) groups is 1. The van der Waals surface area contributed by atoms with Gasteiger partial charge in [-0.25, -0.2) is 4.39 Å². The van der Waals surface area contributed by atoms with Gasteiger partial charge in [0.25, 0.3) is 0 Å². The third-order valence-corrected chi connectivity index (χ3v) is 4.51. The van der Waals surface area contributed by atoms with Gasteiger partial charge in [-0.15, -0.1) is 0 Å². The quantitative estimate of drug-likeness (QED) is 0.909. The highest BCUT2D eigenvalue weighted by Gasteiger charge is 2.21. The zero-order chi connectivity index (χ0) is 13.0.